The van der Waals surface area contributed by atoms with E-state index in [0.717, 1.165) is 31.2 Å². The van der Waals surface area contributed by atoms with Crippen LogP contribution in [-0.2, 0) is 0 Å². The van der Waals surface area contributed by atoms with Gasteiger partial charge in [-0.05, 0) is 31.2 Å². The summed E-state index contributed by atoms with van der Waals surface area (Å²) in [6.07, 6.45) is -15.9. The van der Waals surface area contributed by atoms with E-state index >= 15 is 0 Å². The van der Waals surface area contributed by atoms with Crippen molar-refractivity contribution in [1.82, 2.24) is 0 Å². The van der Waals surface area contributed by atoms with E-state index in [2.05, 4.69) is 0 Å². The fourth-order valence-corrected chi connectivity index (χ4v) is 2.57. The standard InChI is InChI=1S/C16H13F15N2/c1-2-33(9-5-3-8(32)4-6-9)7-10(17,18)12(20,21)14(24,25)13(22,23)11(19,15(26,27)28)16(29,30)31/h3-6H,2,7,32H2,1H3. The summed E-state index contributed by atoms with van der Waals surface area (Å²) in [7, 11) is 0. The van der Waals surface area contributed by atoms with Crippen molar-refractivity contribution < 1.29 is 65.9 Å². The van der Waals surface area contributed by atoms with Crippen LogP contribution in [0.2, 0.25) is 0 Å². The number of benzene rings is 1. The maximum Gasteiger partial charge on any atom is 0.438 e. The minimum Gasteiger partial charge on any atom is -0.399 e. The van der Waals surface area contributed by atoms with Crippen LogP contribution in [0.1, 0.15) is 6.92 Å². The van der Waals surface area contributed by atoms with E-state index in [0.29, 0.717) is 0 Å². The second kappa shape index (κ2) is 8.21. The molecule has 0 radical (unpaired) electrons. The van der Waals surface area contributed by atoms with E-state index in [4.69, 9.17) is 5.73 Å². The molecule has 2 N–H and O–H groups in total. The summed E-state index contributed by atoms with van der Waals surface area (Å²) in [6, 6.07) is 3.81. The number of nitrogens with zero attached hydrogens (tertiary/aromatic N) is 1. The van der Waals surface area contributed by atoms with Crippen LogP contribution in [0.4, 0.5) is 77.2 Å². The Kier molecular flexibility index (Phi) is 7.17. The van der Waals surface area contributed by atoms with Crippen molar-refractivity contribution in [3.05, 3.63) is 24.3 Å². The predicted octanol–water partition coefficient (Wildman–Crippen LogP) is 6.47. The normalized spacial score (nSPS) is 15.0. The summed E-state index contributed by atoms with van der Waals surface area (Å²) in [5.74, 6) is -30.6. The molecule has 1 aromatic rings. The fourth-order valence-electron chi connectivity index (χ4n) is 2.57. The monoisotopic (exact) mass is 518 g/mol. The fraction of sp³-hybridized carbons (Fsp3) is 0.625. The summed E-state index contributed by atoms with van der Waals surface area (Å²) >= 11 is 0. The van der Waals surface area contributed by atoms with Crippen molar-refractivity contribution in [3.8, 4) is 0 Å². The third-order valence-electron chi connectivity index (χ3n) is 4.49. The molecule has 1 aromatic carbocycles. The molecular weight excluding hydrogens is 505 g/mol. The van der Waals surface area contributed by atoms with Gasteiger partial charge in [-0.25, -0.2) is 4.39 Å². The van der Waals surface area contributed by atoms with E-state index in [1.807, 2.05) is 0 Å². The number of hydrogen-bond acceptors (Lipinski definition) is 2. The van der Waals surface area contributed by atoms with Crippen LogP contribution in [0.25, 0.3) is 0 Å². The molecule has 0 atom stereocenters. The van der Waals surface area contributed by atoms with Crippen LogP contribution in [0.15, 0.2) is 24.3 Å². The van der Waals surface area contributed by atoms with Crippen LogP contribution >= 0.6 is 0 Å². The van der Waals surface area contributed by atoms with Crippen molar-refractivity contribution >= 4 is 11.4 Å². The van der Waals surface area contributed by atoms with Gasteiger partial charge in [0, 0.05) is 17.9 Å². The first-order chi connectivity index (χ1) is 14.4. The third-order valence-corrected chi connectivity index (χ3v) is 4.49. The van der Waals surface area contributed by atoms with Gasteiger partial charge in [-0.2, -0.15) is 61.5 Å². The van der Waals surface area contributed by atoms with Crippen molar-refractivity contribution in [2.75, 3.05) is 23.7 Å². The van der Waals surface area contributed by atoms with E-state index < -0.39 is 60.5 Å². The second-order valence-electron chi connectivity index (χ2n) is 6.69. The lowest BCUT2D eigenvalue weighted by atomic mass is 9.85. The van der Waals surface area contributed by atoms with Gasteiger partial charge in [0.1, 0.15) is 0 Å². The SMILES string of the molecule is CCN(CC(F)(F)C(F)(F)C(F)(F)C(F)(F)C(F)(C(F)(F)F)C(F)(F)F)c1ccc(N)cc1. The molecule has 17 heteroatoms. The molecule has 0 fully saturated rings. The van der Waals surface area contributed by atoms with Crippen molar-refractivity contribution in [1.29, 1.82) is 0 Å². The second-order valence-corrected chi connectivity index (χ2v) is 6.69. The van der Waals surface area contributed by atoms with E-state index in [1.54, 1.807) is 0 Å². The van der Waals surface area contributed by atoms with Crippen molar-refractivity contribution in [2.24, 2.45) is 0 Å². The largest absolute Gasteiger partial charge is 0.438 e. The molecule has 0 spiro atoms. The average molecular weight is 518 g/mol. The molecule has 0 aliphatic rings. The lowest BCUT2D eigenvalue weighted by Gasteiger charge is -2.43. The summed E-state index contributed by atoms with van der Waals surface area (Å²) in [5.41, 5.74) is -3.42. The van der Waals surface area contributed by atoms with Gasteiger partial charge in [-0.15, -0.1) is 0 Å². The van der Waals surface area contributed by atoms with E-state index in [1.165, 1.54) is 0 Å². The highest BCUT2D eigenvalue weighted by molar-refractivity contribution is 5.53. The van der Waals surface area contributed by atoms with Crippen LogP contribution in [-0.4, -0.2) is 54.8 Å². The molecule has 2 nitrogen and oxygen atoms in total. The number of rotatable bonds is 8. The lowest BCUT2D eigenvalue weighted by molar-refractivity contribution is -0.456. The maximum absolute atomic E-state index is 14.1. The molecule has 0 unspecified atom stereocenters. The first kappa shape index (κ1) is 28.8. The molecular formula is C16H13F15N2. The van der Waals surface area contributed by atoms with Crippen LogP contribution in [0.5, 0.6) is 0 Å². The molecule has 1 rings (SSSR count). The Bertz CT molecular complexity index is 797. The molecule has 0 saturated carbocycles. The molecule has 0 aromatic heterocycles. The highest BCUT2D eigenvalue weighted by Gasteiger charge is 2.95. The van der Waals surface area contributed by atoms with Gasteiger partial charge in [0.15, 0.2) is 0 Å². The topological polar surface area (TPSA) is 29.3 Å². The molecule has 0 aliphatic heterocycles. The molecule has 0 amide bonds. The summed E-state index contributed by atoms with van der Waals surface area (Å²) in [5, 5.41) is 0. The third kappa shape index (κ3) is 4.34. The Morgan fingerprint density at radius 2 is 1.03 bits per heavy atom. The quantitative estimate of drug-likeness (QED) is 0.316. The first-order valence-corrected chi connectivity index (χ1v) is 8.36. The smallest absolute Gasteiger partial charge is 0.399 e. The first-order valence-electron chi connectivity index (χ1n) is 8.36. The zero-order valence-corrected chi connectivity index (χ0v) is 15.9. The zero-order chi connectivity index (χ0) is 26.5. The van der Waals surface area contributed by atoms with Crippen molar-refractivity contribution in [2.45, 2.75) is 48.6 Å². The number of nitrogens with two attached hydrogens (primary N) is 1. The molecule has 0 aliphatic carbocycles. The number of alkyl halides is 15. The molecule has 0 saturated heterocycles. The molecule has 33 heavy (non-hydrogen) atoms. The van der Waals surface area contributed by atoms with E-state index in [-0.39, 0.29) is 10.6 Å². The van der Waals surface area contributed by atoms with Gasteiger partial charge >= 0.3 is 41.7 Å². The maximum atomic E-state index is 14.1. The Labute approximate surface area is 175 Å². The van der Waals surface area contributed by atoms with Crippen LogP contribution in [0.3, 0.4) is 0 Å². The van der Waals surface area contributed by atoms with Gasteiger partial charge in [-0.3, -0.25) is 0 Å². The molecule has 192 valence electrons. The highest BCUT2D eigenvalue weighted by Crippen LogP contribution is 2.63. The van der Waals surface area contributed by atoms with Gasteiger partial charge in [-0.1, -0.05) is 0 Å². The zero-order valence-electron chi connectivity index (χ0n) is 15.9. The molecule has 0 bridgehead atoms. The Morgan fingerprint density at radius 3 is 1.36 bits per heavy atom. The average Bonchev–Trinajstić information content (AvgIpc) is 2.63. The number of anilines is 2. The van der Waals surface area contributed by atoms with Gasteiger partial charge in [0.2, 0.25) is 0 Å². The van der Waals surface area contributed by atoms with Crippen LogP contribution < -0.4 is 10.6 Å². The van der Waals surface area contributed by atoms with E-state index in [9.17, 15) is 65.9 Å². The predicted molar refractivity (Wildman–Crippen MR) is 84.5 cm³/mol. The number of hydrogen-bond donors (Lipinski definition) is 1. The Balaban J connectivity index is 3.57. The highest BCUT2D eigenvalue weighted by atomic mass is 19.4. The summed E-state index contributed by atoms with van der Waals surface area (Å²) < 4.78 is 199. The number of nitrogen functional groups attached to an aromatic ring is 1. The lowest BCUT2D eigenvalue weighted by Crippen LogP contribution is -2.76. The summed E-state index contributed by atoms with van der Waals surface area (Å²) in [6.45, 7) is -2.30. The Hall–Kier alpha value is -2.23. The van der Waals surface area contributed by atoms with Gasteiger partial charge in [0.05, 0.1) is 6.54 Å². The summed E-state index contributed by atoms with van der Waals surface area (Å²) in [4.78, 5) is 0.164. The van der Waals surface area contributed by atoms with Crippen molar-refractivity contribution in [3.63, 3.8) is 0 Å². The number of halogens is 15. The molecule has 0 heterocycles. The minimum absolute atomic E-state index is 0.0108. The van der Waals surface area contributed by atoms with Gasteiger partial charge < -0.3 is 10.6 Å². The van der Waals surface area contributed by atoms with Crippen LogP contribution in [0, 0.1) is 0 Å². The Morgan fingerprint density at radius 1 is 0.636 bits per heavy atom. The van der Waals surface area contributed by atoms with Gasteiger partial charge in [0.25, 0.3) is 0 Å². The minimum atomic E-state index is -8.42.